The molecule has 18 heavy (non-hydrogen) atoms. The van der Waals surface area contributed by atoms with Crippen molar-refractivity contribution in [3.8, 4) is 11.5 Å². The summed E-state index contributed by atoms with van der Waals surface area (Å²) in [5.41, 5.74) is 1.11. The topological polar surface area (TPSA) is 49.7 Å². The van der Waals surface area contributed by atoms with Gasteiger partial charge >= 0.3 is 0 Å². The van der Waals surface area contributed by atoms with Crippen LogP contribution in [0, 0.1) is 0 Å². The average molecular weight is 242 g/mol. The smallest absolute Gasteiger partial charge is 0.211 e. The molecule has 1 aliphatic heterocycles. The number of phenols is 1. The molecule has 1 aliphatic rings. The van der Waals surface area contributed by atoms with E-state index in [1.165, 1.54) is 0 Å². The summed E-state index contributed by atoms with van der Waals surface area (Å²) in [6, 6.07) is 14.6. The van der Waals surface area contributed by atoms with Crippen molar-refractivity contribution in [2.75, 3.05) is 0 Å². The lowest BCUT2D eigenvalue weighted by molar-refractivity contribution is -0.0382. The first kappa shape index (κ1) is 11.1. The van der Waals surface area contributed by atoms with E-state index in [0.29, 0.717) is 5.75 Å². The molecule has 0 aliphatic carbocycles. The Morgan fingerprint density at radius 3 is 2.56 bits per heavy atom. The van der Waals surface area contributed by atoms with E-state index in [4.69, 9.17) is 4.74 Å². The van der Waals surface area contributed by atoms with E-state index in [1.807, 2.05) is 37.3 Å². The molecule has 0 aromatic heterocycles. The second kappa shape index (κ2) is 3.75. The maximum atomic E-state index is 10.2. The maximum absolute atomic E-state index is 10.2. The fourth-order valence-corrected chi connectivity index (χ4v) is 2.48. The zero-order valence-electron chi connectivity index (χ0n) is 10.00. The summed E-state index contributed by atoms with van der Waals surface area (Å²) in [4.78, 5) is 0. The minimum Gasteiger partial charge on any atom is -0.508 e. The third-order valence-corrected chi connectivity index (χ3v) is 3.63. The molecule has 3 nitrogen and oxygen atoms in total. The molecule has 3 rings (SSSR count). The monoisotopic (exact) mass is 242 g/mol. The number of phenolic OH excluding ortho intramolecular Hbond substituents is 1. The van der Waals surface area contributed by atoms with Crippen LogP contribution in [0.4, 0.5) is 0 Å². The maximum Gasteiger partial charge on any atom is 0.211 e. The Balaban J connectivity index is 2.21. The largest absolute Gasteiger partial charge is 0.508 e. The van der Waals surface area contributed by atoms with Gasteiger partial charge in [0.05, 0.1) is 5.41 Å². The number of aliphatic hydroxyl groups is 1. The van der Waals surface area contributed by atoms with Gasteiger partial charge in [-0.05, 0) is 30.7 Å². The van der Waals surface area contributed by atoms with Gasteiger partial charge in [0, 0.05) is 5.56 Å². The van der Waals surface area contributed by atoms with Gasteiger partial charge in [0.1, 0.15) is 11.5 Å². The van der Waals surface area contributed by atoms with Crippen LogP contribution in [0.2, 0.25) is 0 Å². The Labute approximate surface area is 105 Å². The molecule has 0 amide bonds. The van der Waals surface area contributed by atoms with E-state index >= 15 is 0 Å². The molecule has 0 saturated heterocycles. The first-order valence-electron chi connectivity index (χ1n) is 5.86. The zero-order chi connectivity index (χ0) is 12.8. The standard InChI is InChI=1S/C15H14O3/c1-15(10-5-3-2-4-6-10)12-9-11(16)7-8-13(12)18-14(15)17/h2-9,14,16-17H,1H3/t14-,15-/m1/s1. The molecular weight excluding hydrogens is 228 g/mol. The van der Waals surface area contributed by atoms with Crippen LogP contribution >= 0.6 is 0 Å². The Kier molecular flexibility index (Phi) is 2.31. The number of rotatable bonds is 1. The van der Waals surface area contributed by atoms with E-state index in [-0.39, 0.29) is 5.75 Å². The van der Waals surface area contributed by atoms with Gasteiger partial charge < -0.3 is 14.9 Å². The molecule has 92 valence electrons. The number of benzene rings is 2. The number of fused-ring (bicyclic) bond motifs is 1. The number of hydrogen-bond donors (Lipinski definition) is 2. The van der Waals surface area contributed by atoms with E-state index in [0.717, 1.165) is 11.1 Å². The second-order valence-electron chi connectivity index (χ2n) is 4.72. The molecular formula is C15H14O3. The Hall–Kier alpha value is -2.00. The fourth-order valence-electron chi connectivity index (χ4n) is 2.48. The quantitative estimate of drug-likeness (QED) is 0.807. The van der Waals surface area contributed by atoms with Gasteiger partial charge in [-0.1, -0.05) is 30.3 Å². The van der Waals surface area contributed by atoms with Crippen LogP contribution in [0.15, 0.2) is 48.5 Å². The minimum absolute atomic E-state index is 0.175. The first-order valence-corrected chi connectivity index (χ1v) is 5.86. The van der Waals surface area contributed by atoms with Gasteiger partial charge in [0.15, 0.2) is 0 Å². The van der Waals surface area contributed by atoms with Crippen molar-refractivity contribution in [2.45, 2.75) is 18.6 Å². The average Bonchev–Trinajstić information content (AvgIpc) is 2.64. The van der Waals surface area contributed by atoms with Crippen LogP contribution < -0.4 is 4.74 Å². The number of ether oxygens (including phenoxy) is 1. The van der Waals surface area contributed by atoms with Crippen molar-refractivity contribution in [2.24, 2.45) is 0 Å². The van der Waals surface area contributed by atoms with Gasteiger partial charge in [-0.15, -0.1) is 0 Å². The summed E-state index contributed by atoms with van der Waals surface area (Å²) >= 11 is 0. The van der Waals surface area contributed by atoms with Crippen molar-refractivity contribution in [3.63, 3.8) is 0 Å². The molecule has 2 N–H and O–H groups in total. The predicted molar refractivity (Wildman–Crippen MR) is 67.6 cm³/mol. The van der Waals surface area contributed by atoms with Crippen molar-refractivity contribution >= 4 is 0 Å². The molecule has 0 spiro atoms. The highest BCUT2D eigenvalue weighted by Gasteiger charge is 2.46. The number of hydrogen-bond acceptors (Lipinski definition) is 3. The summed E-state index contributed by atoms with van der Waals surface area (Å²) in [7, 11) is 0. The van der Waals surface area contributed by atoms with Crippen LogP contribution in [-0.2, 0) is 5.41 Å². The minimum atomic E-state index is -0.948. The Morgan fingerprint density at radius 1 is 1.11 bits per heavy atom. The summed E-state index contributed by atoms with van der Waals surface area (Å²) < 4.78 is 5.48. The number of aromatic hydroxyl groups is 1. The number of aliphatic hydroxyl groups excluding tert-OH is 1. The first-order chi connectivity index (χ1) is 8.62. The molecule has 2 aromatic carbocycles. The Morgan fingerprint density at radius 2 is 1.83 bits per heavy atom. The van der Waals surface area contributed by atoms with Gasteiger partial charge in [-0.2, -0.15) is 0 Å². The van der Waals surface area contributed by atoms with Gasteiger partial charge in [0.2, 0.25) is 6.29 Å². The fraction of sp³-hybridized carbons (Fsp3) is 0.200. The summed E-state index contributed by atoms with van der Waals surface area (Å²) in [6.07, 6.45) is -0.948. The third-order valence-electron chi connectivity index (χ3n) is 3.63. The molecule has 0 fully saturated rings. The van der Waals surface area contributed by atoms with Crippen LogP contribution in [0.5, 0.6) is 11.5 Å². The van der Waals surface area contributed by atoms with Crippen LogP contribution in [-0.4, -0.2) is 16.5 Å². The molecule has 2 aromatic rings. The van der Waals surface area contributed by atoms with Crippen molar-refractivity contribution in [1.82, 2.24) is 0 Å². The molecule has 3 heteroatoms. The van der Waals surface area contributed by atoms with Crippen molar-refractivity contribution in [1.29, 1.82) is 0 Å². The van der Waals surface area contributed by atoms with E-state index in [2.05, 4.69) is 0 Å². The molecule has 0 radical (unpaired) electrons. The molecule has 0 bridgehead atoms. The van der Waals surface area contributed by atoms with Crippen molar-refractivity contribution in [3.05, 3.63) is 59.7 Å². The summed E-state index contributed by atoms with van der Waals surface area (Å²) in [5.74, 6) is 0.792. The van der Waals surface area contributed by atoms with Gasteiger partial charge in [0.25, 0.3) is 0 Å². The summed E-state index contributed by atoms with van der Waals surface area (Å²) in [5, 5.41) is 19.8. The van der Waals surface area contributed by atoms with Gasteiger partial charge in [-0.25, -0.2) is 0 Å². The lowest BCUT2D eigenvalue weighted by Gasteiger charge is -2.27. The third kappa shape index (κ3) is 1.41. The van der Waals surface area contributed by atoms with Crippen molar-refractivity contribution < 1.29 is 14.9 Å². The van der Waals surface area contributed by atoms with E-state index in [9.17, 15) is 10.2 Å². The van der Waals surface area contributed by atoms with E-state index < -0.39 is 11.7 Å². The lowest BCUT2D eigenvalue weighted by atomic mass is 9.77. The summed E-state index contributed by atoms with van der Waals surface area (Å²) in [6.45, 7) is 1.91. The van der Waals surface area contributed by atoms with Crippen LogP contribution in [0.3, 0.4) is 0 Å². The molecule has 0 unspecified atom stereocenters. The molecule has 1 heterocycles. The van der Waals surface area contributed by atoms with Gasteiger partial charge in [-0.3, -0.25) is 0 Å². The molecule has 2 atom stereocenters. The van der Waals surface area contributed by atoms with Crippen LogP contribution in [0.1, 0.15) is 18.1 Å². The van der Waals surface area contributed by atoms with E-state index in [1.54, 1.807) is 18.2 Å². The second-order valence-corrected chi connectivity index (χ2v) is 4.72. The zero-order valence-corrected chi connectivity index (χ0v) is 10.00. The SMILES string of the molecule is C[C@@]1(c2ccccc2)c2cc(O)ccc2O[C@H]1O. The highest BCUT2D eigenvalue weighted by atomic mass is 16.6. The lowest BCUT2D eigenvalue weighted by Crippen LogP contribution is -2.36. The highest BCUT2D eigenvalue weighted by Crippen LogP contribution is 2.47. The predicted octanol–water partition coefficient (Wildman–Crippen LogP) is 2.41. The van der Waals surface area contributed by atoms with Crippen LogP contribution in [0.25, 0.3) is 0 Å². The Bertz CT molecular complexity index is 580. The highest BCUT2D eigenvalue weighted by molar-refractivity contribution is 5.53. The molecule has 0 saturated carbocycles. The normalized spacial score (nSPS) is 25.6.